The molecule has 100 valence electrons. The molecule has 8 heteroatoms. The first kappa shape index (κ1) is 13.1. The third-order valence-electron chi connectivity index (χ3n) is 2.29. The molecule has 2 rings (SSSR count). The lowest BCUT2D eigenvalue weighted by Gasteiger charge is -2.07. The van der Waals surface area contributed by atoms with Gasteiger partial charge < -0.3 is 10.7 Å². The van der Waals surface area contributed by atoms with E-state index in [1.807, 2.05) is 0 Å². The molecular weight excluding hydrogens is 268 g/mol. The second-order valence-electron chi connectivity index (χ2n) is 3.89. The number of nitrogen functional groups attached to an aromatic ring is 1. The number of anilines is 2. The van der Waals surface area contributed by atoms with Gasteiger partial charge in [-0.1, -0.05) is 0 Å². The summed E-state index contributed by atoms with van der Waals surface area (Å²) in [5, 5.41) is 0. The normalized spacial score (nSPS) is 11.2. The second kappa shape index (κ2) is 4.73. The van der Waals surface area contributed by atoms with E-state index in [0.717, 1.165) is 6.07 Å². The van der Waals surface area contributed by atoms with Crippen LogP contribution in [0.1, 0.15) is 5.82 Å². The Morgan fingerprint density at radius 2 is 1.89 bits per heavy atom. The lowest BCUT2D eigenvalue weighted by Crippen LogP contribution is -2.17. The second-order valence-corrected chi connectivity index (χ2v) is 5.57. The number of aryl methyl sites for hydroxylation is 1. The highest BCUT2D eigenvalue weighted by molar-refractivity contribution is 7.92. The largest absolute Gasteiger partial charge is 0.399 e. The molecule has 0 saturated carbocycles. The molecule has 0 bridgehead atoms. The molecule has 0 spiro atoms. The average molecular weight is 280 g/mol. The van der Waals surface area contributed by atoms with Crippen molar-refractivity contribution in [2.45, 2.75) is 11.8 Å². The maximum absolute atomic E-state index is 12.0. The first-order chi connectivity index (χ1) is 8.87. The van der Waals surface area contributed by atoms with Crippen molar-refractivity contribution in [1.29, 1.82) is 0 Å². The van der Waals surface area contributed by atoms with Gasteiger partial charge in [-0.15, -0.1) is 0 Å². The number of benzene rings is 1. The van der Waals surface area contributed by atoms with E-state index in [2.05, 4.69) is 14.7 Å². The van der Waals surface area contributed by atoms with Gasteiger partial charge in [-0.05, 0) is 31.2 Å². The molecule has 2 aromatic rings. The minimum absolute atomic E-state index is 0.0296. The van der Waals surface area contributed by atoms with Crippen LogP contribution in [-0.4, -0.2) is 18.4 Å². The van der Waals surface area contributed by atoms with Crippen LogP contribution in [-0.2, 0) is 10.0 Å². The predicted octanol–water partition coefficient (Wildman–Crippen LogP) is 0.461. The van der Waals surface area contributed by atoms with Crippen LogP contribution in [0.15, 0.2) is 40.0 Å². The quantitative estimate of drug-likeness (QED) is 0.706. The number of nitrogens with one attached hydrogen (secondary N) is 2. The van der Waals surface area contributed by atoms with Crippen molar-refractivity contribution in [2.24, 2.45) is 0 Å². The van der Waals surface area contributed by atoms with E-state index in [-0.39, 0.29) is 10.7 Å². The zero-order valence-electron chi connectivity index (χ0n) is 10.0. The molecule has 0 radical (unpaired) electrons. The number of rotatable bonds is 3. The molecule has 0 aliphatic carbocycles. The zero-order chi connectivity index (χ0) is 14.0. The summed E-state index contributed by atoms with van der Waals surface area (Å²) in [5.74, 6) is 0.292. The van der Waals surface area contributed by atoms with E-state index in [9.17, 15) is 13.2 Å². The van der Waals surface area contributed by atoms with Gasteiger partial charge in [0.25, 0.3) is 15.6 Å². The SMILES string of the molecule is Cc1nc(NS(=O)(=O)c2ccc(N)cc2)cc(=O)[nH]1. The van der Waals surface area contributed by atoms with Crippen LogP contribution < -0.4 is 16.0 Å². The molecule has 0 unspecified atom stereocenters. The molecule has 0 aliphatic heterocycles. The summed E-state index contributed by atoms with van der Waals surface area (Å²) in [4.78, 5) is 17.6. The number of H-pyrrole nitrogens is 1. The predicted molar refractivity (Wildman–Crippen MR) is 71.3 cm³/mol. The van der Waals surface area contributed by atoms with Crippen LogP contribution in [0.2, 0.25) is 0 Å². The van der Waals surface area contributed by atoms with Crippen molar-refractivity contribution in [3.8, 4) is 0 Å². The summed E-state index contributed by atoms with van der Waals surface area (Å²) in [6, 6.07) is 6.77. The molecule has 0 amide bonds. The molecule has 0 saturated heterocycles. The van der Waals surface area contributed by atoms with Gasteiger partial charge in [0.2, 0.25) is 0 Å². The monoisotopic (exact) mass is 280 g/mol. The van der Waals surface area contributed by atoms with Crippen molar-refractivity contribution >= 4 is 21.5 Å². The van der Waals surface area contributed by atoms with Crippen LogP contribution in [0, 0.1) is 6.92 Å². The minimum atomic E-state index is -3.78. The van der Waals surface area contributed by atoms with Gasteiger partial charge in [0, 0.05) is 11.8 Å². The topological polar surface area (TPSA) is 118 Å². The van der Waals surface area contributed by atoms with Crippen molar-refractivity contribution in [2.75, 3.05) is 10.5 Å². The van der Waals surface area contributed by atoms with Gasteiger partial charge in [0.05, 0.1) is 4.90 Å². The summed E-state index contributed by atoms with van der Waals surface area (Å²) < 4.78 is 26.3. The van der Waals surface area contributed by atoms with Gasteiger partial charge in [-0.3, -0.25) is 9.52 Å². The highest BCUT2D eigenvalue weighted by Crippen LogP contribution is 2.14. The fourth-order valence-corrected chi connectivity index (χ4v) is 2.47. The smallest absolute Gasteiger partial charge is 0.263 e. The fourth-order valence-electron chi connectivity index (χ4n) is 1.48. The summed E-state index contributed by atoms with van der Waals surface area (Å²) in [5.41, 5.74) is 5.52. The van der Waals surface area contributed by atoms with Crippen LogP contribution in [0.4, 0.5) is 11.5 Å². The summed E-state index contributed by atoms with van der Waals surface area (Å²) in [6.07, 6.45) is 0. The first-order valence-corrected chi connectivity index (χ1v) is 6.81. The highest BCUT2D eigenvalue weighted by Gasteiger charge is 2.15. The number of aromatic amines is 1. The van der Waals surface area contributed by atoms with Crippen LogP contribution in [0.5, 0.6) is 0 Å². The third-order valence-corrected chi connectivity index (χ3v) is 3.66. The first-order valence-electron chi connectivity index (χ1n) is 5.33. The Balaban J connectivity index is 2.36. The van der Waals surface area contributed by atoms with Crippen LogP contribution in [0.3, 0.4) is 0 Å². The number of hydrogen-bond acceptors (Lipinski definition) is 5. The van der Waals surface area contributed by atoms with E-state index in [1.54, 1.807) is 6.92 Å². The van der Waals surface area contributed by atoms with E-state index in [1.165, 1.54) is 24.3 Å². The zero-order valence-corrected chi connectivity index (χ0v) is 10.9. The van der Waals surface area contributed by atoms with Gasteiger partial charge in [-0.2, -0.15) is 0 Å². The van der Waals surface area contributed by atoms with Gasteiger partial charge in [0.15, 0.2) is 0 Å². The van der Waals surface area contributed by atoms with Crippen molar-refractivity contribution < 1.29 is 8.42 Å². The number of sulfonamides is 1. The number of nitrogens with two attached hydrogens (primary N) is 1. The van der Waals surface area contributed by atoms with E-state index >= 15 is 0 Å². The molecule has 19 heavy (non-hydrogen) atoms. The molecule has 4 N–H and O–H groups in total. The lowest BCUT2D eigenvalue weighted by molar-refractivity contribution is 0.601. The van der Waals surface area contributed by atoms with Crippen molar-refractivity contribution in [3.63, 3.8) is 0 Å². The Bertz CT molecular complexity index is 750. The maximum atomic E-state index is 12.0. The van der Waals surface area contributed by atoms with Crippen molar-refractivity contribution in [1.82, 2.24) is 9.97 Å². The number of nitrogens with zero attached hydrogens (tertiary/aromatic N) is 1. The maximum Gasteiger partial charge on any atom is 0.263 e. The van der Waals surface area contributed by atoms with Gasteiger partial charge in [-0.25, -0.2) is 13.4 Å². The Kier molecular flexibility index (Phi) is 3.26. The molecule has 1 aromatic heterocycles. The van der Waals surface area contributed by atoms with Gasteiger partial charge >= 0.3 is 0 Å². The molecule has 0 fully saturated rings. The molecule has 0 atom stereocenters. The number of hydrogen-bond donors (Lipinski definition) is 3. The van der Waals surface area contributed by atoms with E-state index in [0.29, 0.717) is 11.5 Å². The van der Waals surface area contributed by atoms with Crippen LogP contribution >= 0.6 is 0 Å². The van der Waals surface area contributed by atoms with E-state index in [4.69, 9.17) is 5.73 Å². The summed E-state index contributed by atoms with van der Waals surface area (Å²) in [7, 11) is -3.78. The highest BCUT2D eigenvalue weighted by atomic mass is 32.2. The average Bonchev–Trinajstić information content (AvgIpc) is 2.27. The molecule has 1 heterocycles. The minimum Gasteiger partial charge on any atom is -0.399 e. The van der Waals surface area contributed by atoms with Crippen LogP contribution in [0.25, 0.3) is 0 Å². The number of aromatic nitrogens is 2. The Morgan fingerprint density at radius 3 is 2.47 bits per heavy atom. The molecule has 0 aliphatic rings. The van der Waals surface area contributed by atoms with Crippen molar-refractivity contribution in [3.05, 3.63) is 46.5 Å². The Morgan fingerprint density at radius 1 is 1.26 bits per heavy atom. The standard InChI is InChI=1S/C11H12N4O3S/c1-7-13-10(6-11(16)14-7)15-19(17,18)9-4-2-8(12)3-5-9/h2-6H,12H2,1H3,(H2,13,14,15,16). The molecular formula is C11H12N4O3S. The Labute approximate surface area is 109 Å². The fraction of sp³-hybridized carbons (Fsp3) is 0.0909. The van der Waals surface area contributed by atoms with Gasteiger partial charge in [0.1, 0.15) is 11.6 Å². The molecule has 1 aromatic carbocycles. The Hall–Kier alpha value is -2.35. The summed E-state index contributed by atoms with van der Waals surface area (Å²) >= 11 is 0. The molecule has 7 nitrogen and oxygen atoms in total. The van der Waals surface area contributed by atoms with E-state index < -0.39 is 15.6 Å². The lowest BCUT2D eigenvalue weighted by atomic mass is 10.3. The summed E-state index contributed by atoms with van der Waals surface area (Å²) in [6.45, 7) is 1.56. The third kappa shape index (κ3) is 3.10.